The minimum Gasteiger partial charge on any atom is -0.0767 e. The van der Waals surface area contributed by atoms with Gasteiger partial charge in [0.05, 0.1) is 0 Å². The molecular formula is C78H92. The van der Waals surface area contributed by atoms with Crippen LogP contribution in [0.15, 0.2) is 188 Å². The Morgan fingerprint density at radius 2 is 0.795 bits per heavy atom. The third-order valence-electron chi connectivity index (χ3n) is 18.8. The Hall–Kier alpha value is -5.98. The number of hydrogen-bond donors (Lipinski definition) is 0. The zero-order chi connectivity index (χ0) is 55.0. The molecule has 1 atom stereocenters. The molecule has 6 aliphatic rings. The highest BCUT2D eigenvalue weighted by Gasteiger charge is 2.55. The Bertz CT molecular complexity index is 3080. The highest BCUT2D eigenvalue weighted by Crippen LogP contribution is 2.63. The molecule has 0 nitrogen and oxygen atoms in total. The van der Waals surface area contributed by atoms with Crippen LogP contribution in [0.25, 0.3) is 27.8 Å². The lowest BCUT2D eigenvalue weighted by Crippen LogP contribution is -2.47. The first-order chi connectivity index (χ1) is 37.2. The van der Waals surface area contributed by atoms with Crippen molar-refractivity contribution in [2.45, 2.75) is 187 Å². The molecule has 6 aromatic rings. The lowest BCUT2D eigenvalue weighted by atomic mass is 9.51. The van der Waals surface area contributed by atoms with Crippen LogP contribution in [0.4, 0.5) is 0 Å². The van der Waals surface area contributed by atoms with E-state index in [1.54, 1.807) is 16.7 Å². The smallest absolute Gasteiger partial charge is 0.0210 e. The van der Waals surface area contributed by atoms with Gasteiger partial charge in [-0.25, -0.2) is 0 Å². The van der Waals surface area contributed by atoms with Crippen molar-refractivity contribution in [3.63, 3.8) is 0 Å². The summed E-state index contributed by atoms with van der Waals surface area (Å²) in [6.45, 7) is 27.9. The highest BCUT2D eigenvalue weighted by molar-refractivity contribution is 5.82. The van der Waals surface area contributed by atoms with Crippen molar-refractivity contribution in [3.05, 3.63) is 243 Å². The summed E-state index contributed by atoms with van der Waals surface area (Å²) in [4.78, 5) is 0. The molecular weight excluding hydrogens is 937 g/mol. The molecule has 0 amide bonds. The maximum Gasteiger partial charge on any atom is 0.0210 e. The van der Waals surface area contributed by atoms with Crippen LogP contribution in [-0.4, -0.2) is 0 Å². The molecule has 2 fully saturated rings. The standard InChI is InChI=1S/C39H46.C21H26.C18H20/c1-37(2,3)30-21-23-32-33-24-22-31(38(4,5)6)26-35(33)36(34(32)25-30)39(29-19-13-14-20-29,27-15-9-7-10-16-27)28-17-11-8-12-18-28;1-20(2,3)16-7-9-18-14(12-16)11-15-13-17(21(4,5)6)8-10-19(15)18;1-3-9-15(10-4-1)18(17-13-7-8-14-17)16-11-5-2-6-12-16/h7,9-10,13-16,19-26,28-29,36H,8,11-12,17-18H2,1-6H3;7-10,12-13H,11H2,1-6H3;1,3-4,7-10,13-14,16H,2,5-6,11-12H2. The second-order valence-corrected chi connectivity index (χ2v) is 28.2. The fourth-order valence-electron chi connectivity index (χ4n) is 14.4. The molecule has 0 heteroatoms. The van der Waals surface area contributed by atoms with Gasteiger partial charge in [0, 0.05) is 17.3 Å². The molecule has 1 unspecified atom stereocenters. The van der Waals surface area contributed by atoms with Crippen molar-refractivity contribution in [1.29, 1.82) is 0 Å². The van der Waals surface area contributed by atoms with Gasteiger partial charge in [0.2, 0.25) is 0 Å². The van der Waals surface area contributed by atoms with E-state index in [0.717, 1.165) is 12.3 Å². The Kier molecular flexibility index (Phi) is 15.8. The maximum atomic E-state index is 2.60. The average molecular weight is 1030 g/mol. The SMILES string of the molecule is C1=CC(=C(c2ccccc2)C2CCCCC2)C=C1.CC(C)(C)c1ccc2c(c1)C(C(c1ccccc1)(C1C=CC=C1)C1CCCCC1)c1cc(C(C)(C)C)ccc1-2.CC(C)(C)c1ccc2c(c1)Cc1cc(C(C)(C)C)ccc1-2. The third kappa shape index (κ3) is 11.3. The van der Waals surface area contributed by atoms with Crippen LogP contribution in [0.1, 0.15) is 209 Å². The van der Waals surface area contributed by atoms with Crippen LogP contribution in [0.5, 0.6) is 0 Å². The Labute approximate surface area is 473 Å². The van der Waals surface area contributed by atoms with Gasteiger partial charge in [-0.1, -0.05) is 304 Å². The number of rotatable bonds is 6. The molecule has 0 radical (unpaired) electrons. The van der Waals surface area contributed by atoms with Crippen molar-refractivity contribution >= 4 is 5.57 Å². The number of allylic oxidation sites excluding steroid dienone is 10. The second kappa shape index (κ2) is 22.3. The normalized spacial score (nSPS) is 18.1. The molecule has 78 heavy (non-hydrogen) atoms. The minimum absolute atomic E-state index is 0.0296. The minimum atomic E-state index is -0.0296. The molecule has 0 heterocycles. The summed E-state index contributed by atoms with van der Waals surface area (Å²) in [7, 11) is 0. The van der Waals surface area contributed by atoms with Gasteiger partial charge in [0.1, 0.15) is 0 Å². The van der Waals surface area contributed by atoms with Crippen molar-refractivity contribution in [2.75, 3.05) is 0 Å². The molecule has 0 bridgehead atoms. The Morgan fingerprint density at radius 3 is 1.24 bits per heavy atom. The molecule has 404 valence electrons. The molecule has 6 aliphatic carbocycles. The third-order valence-corrected chi connectivity index (χ3v) is 18.8. The number of hydrogen-bond acceptors (Lipinski definition) is 0. The molecule has 0 spiro atoms. The first-order valence-corrected chi connectivity index (χ1v) is 30.3. The highest BCUT2D eigenvalue weighted by atomic mass is 14.6. The van der Waals surface area contributed by atoms with E-state index in [2.05, 4.69) is 265 Å². The van der Waals surface area contributed by atoms with Crippen LogP contribution >= 0.6 is 0 Å². The van der Waals surface area contributed by atoms with E-state index in [1.165, 1.54) is 137 Å². The number of benzene rings is 6. The van der Waals surface area contributed by atoms with E-state index in [1.807, 2.05) is 0 Å². The maximum absolute atomic E-state index is 2.60. The number of fused-ring (bicyclic) bond motifs is 6. The fraction of sp³-hybridized carbons (Fsp3) is 0.410. The van der Waals surface area contributed by atoms with Crippen molar-refractivity contribution < 1.29 is 0 Å². The van der Waals surface area contributed by atoms with Crippen LogP contribution in [0, 0.1) is 17.8 Å². The van der Waals surface area contributed by atoms with E-state index >= 15 is 0 Å². The van der Waals surface area contributed by atoms with Gasteiger partial charge in [-0.3, -0.25) is 0 Å². The van der Waals surface area contributed by atoms with Gasteiger partial charge >= 0.3 is 0 Å². The predicted octanol–water partition coefficient (Wildman–Crippen LogP) is 21.7. The average Bonchev–Trinajstić information content (AvgIpc) is 4.17. The summed E-state index contributed by atoms with van der Waals surface area (Å²) in [5.41, 5.74) is 24.1. The Balaban J connectivity index is 0.000000148. The van der Waals surface area contributed by atoms with Crippen molar-refractivity contribution in [1.82, 2.24) is 0 Å². The van der Waals surface area contributed by atoms with Gasteiger partial charge in [-0.15, -0.1) is 0 Å². The molecule has 0 N–H and O–H groups in total. The zero-order valence-electron chi connectivity index (χ0n) is 49.9. The molecule has 0 aliphatic heterocycles. The quantitative estimate of drug-likeness (QED) is 0.156. The topological polar surface area (TPSA) is 0 Å². The summed E-state index contributed by atoms with van der Waals surface area (Å²) in [5.74, 6) is 2.08. The summed E-state index contributed by atoms with van der Waals surface area (Å²) in [6, 6.07) is 51.5. The molecule has 0 saturated heterocycles. The summed E-state index contributed by atoms with van der Waals surface area (Å²) in [5, 5.41) is 0. The molecule has 6 aromatic carbocycles. The largest absolute Gasteiger partial charge is 0.0767 e. The first-order valence-electron chi connectivity index (χ1n) is 30.3. The lowest BCUT2D eigenvalue weighted by Gasteiger charge is -2.51. The molecule has 0 aromatic heterocycles. The first kappa shape index (κ1) is 55.3. The van der Waals surface area contributed by atoms with Gasteiger partial charge in [-0.2, -0.15) is 0 Å². The van der Waals surface area contributed by atoms with E-state index in [9.17, 15) is 0 Å². The van der Waals surface area contributed by atoms with E-state index in [-0.39, 0.29) is 27.1 Å². The van der Waals surface area contributed by atoms with E-state index < -0.39 is 0 Å². The predicted molar refractivity (Wildman–Crippen MR) is 338 cm³/mol. The van der Waals surface area contributed by atoms with E-state index in [4.69, 9.17) is 0 Å². The zero-order valence-corrected chi connectivity index (χ0v) is 49.9. The summed E-state index contributed by atoms with van der Waals surface area (Å²) >= 11 is 0. The van der Waals surface area contributed by atoms with Gasteiger partial charge in [-0.05, 0) is 155 Å². The van der Waals surface area contributed by atoms with Crippen molar-refractivity contribution in [2.24, 2.45) is 17.8 Å². The van der Waals surface area contributed by atoms with E-state index in [0.29, 0.717) is 17.8 Å². The summed E-state index contributed by atoms with van der Waals surface area (Å²) < 4.78 is 0. The van der Waals surface area contributed by atoms with Gasteiger partial charge in [0.15, 0.2) is 0 Å². The fourth-order valence-corrected chi connectivity index (χ4v) is 14.4. The van der Waals surface area contributed by atoms with Crippen LogP contribution < -0.4 is 0 Å². The van der Waals surface area contributed by atoms with Gasteiger partial charge < -0.3 is 0 Å². The summed E-state index contributed by atoms with van der Waals surface area (Å²) in [6.07, 6.45) is 33.1. The van der Waals surface area contributed by atoms with Gasteiger partial charge in [0.25, 0.3) is 0 Å². The van der Waals surface area contributed by atoms with Crippen LogP contribution in [0.2, 0.25) is 0 Å². The van der Waals surface area contributed by atoms with Crippen LogP contribution in [-0.2, 0) is 33.5 Å². The van der Waals surface area contributed by atoms with Crippen molar-refractivity contribution in [3.8, 4) is 22.3 Å². The molecule has 2 saturated carbocycles. The monoisotopic (exact) mass is 1030 g/mol. The lowest BCUT2D eigenvalue weighted by molar-refractivity contribution is 0.152. The second-order valence-electron chi connectivity index (χ2n) is 28.2. The van der Waals surface area contributed by atoms with Crippen LogP contribution in [0.3, 0.4) is 0 Å². The Morgan fingerprint density at radius 1 is 0.385 bits per heavy atom. The molecule has 12 rings (SSSR count).